The lowest BCUT2D eigenvalue weighted by Gasteiger charge is -2.36. The second-order valence-electron chi connectivity index (χ2n) is 10.1. The van der Waals surface area contributed by atoms with Gasteiger partial charge in [0.15, 0.2) is 5.11 Å². The molecule has 7 heteroatoms. The third-order valence-corrected chi connectivity index (χ3v) is 7.21. The molecule has 31 heavy (non-hydrogen) atoms. The van der Waals surface area contributed by atoms with Crippen molar-refractivity contribution in [2.75, 3.05) is 41.3 Å². The van der Waals surface area contributed by atoms with E-state index in [4.69, 9.17) is 22.2 Å². The van der Waals surface area contributed by atoms with Crippen molar-refractivity contribution >= 4 is 34.9 Å². The van der Waals surface area contributed by atoms with Crippen molar-refractivity contribution in [3.05, 3.63) is 6.07 Å². The van der Waals surface area contributed by atoms with E-state index in [9.17, 15) is 0 Å². The normalized spacial score (nSPS) is 25.7. The summed E-state index contributed by atoms with van der Waals surface area (Å²) in [6.45, 7) is 8.97. The van der Waals surface area contributed by atoms with Crippen molar-refractivity contribution in [2.24, 2.45) is 11.8 Å². The quantitative estimate of drug-likeness (QED) is 0.637. The van der Waals surface area contributed by atoms with Crippen LogP contribution in [0.2, 0.25) is 0 Å². The van der Waals surface area contributed by atoms with E-state index in [2.05, 4.69) is 40.3 Å². The van der Waals surface area contributed by atoms with E-state index in [0.717, 1.165) is 37.8 Å². The number of nitrogens with zero attached hydrogens (tertiary/aromatic N) is 4. The molecule has 0 bridgehead atoms. The first kappa shape index (κ1) is 22.6. The second kappa shape index (κ2) is 10.8. The van der Waals surface area contributed by atoms with E-state index in [-0.39, 0.29) is 0 Å². The third kappa shape index (κ3) is 6.43. The molecular weight excluding hydrogens is 404 g/mol. The van der Waals surface area contributed by atoms with Gasteiger partial charge in [0.25, 0.3) is 0 Å². The summed E-state index contributed by atoms with van der Waals surface area (Å²) in [7, 11) is 0. The van der Waals surface area contributed by atoms with Gasteiger partial charge in [0.05, 0.1) is 0 Å². The van der Waals surface area contributed by atoms with Gasteiger partial charge in [-0.05, 0) is 56.2 Å². The first-order valence-corrected chi connectivity index (χ1v) is 12.9. The predicted octanol–water partition coefficient (Wildman–Crippen LogP) is 4.96. The Morgan fingerprint density at radius 2 is 1.45 bits per heavy atom. The van der Waals surface area contributed by atoms with Gasteiger partial charge < -0.3 is 20.4 Å². The summed E-state index contributed by atoms with van der Waals surface area (Å²) >= 11 is 5.65. The van der Waals surface area contributed by atoms with Crippen molar-refractivity contribution in [1.82, 2.24) is 15.3 Å². The van der Waals surface area contributed by atoms with Crippen LogP contribution in [0.1, 0.15) is 78.1 Å². The van der Waals surface area contributed by atoms with Crippen LogP contribution in [0.3, 0.4) is 0 Å². The van der Waals surface area contributed by atoms with Crippen LogP contribution in [0.5, 0.6) is 0 Å². The molecule has 1 aliphatic carbocycles. The number of piperidine rings is 1. The van der Waals surface area contributed by atoms with Gasteiger partial charge in [-0.15, -0.1) is 0 Å². The van der Waals surface area contributed by atoms with Crippen molar-refractivity contribution < 1.29 is 0 Å². The van der Waals surface area contributed by atoms with Crippen molar-refractivity contribution in [3.8, 4) is 0 Å². The third-order valence-electron chi connectivity index (χ3n) is 6.99. The van der Waals surface area contributed by atoms with Crippen molar-refractivity contribution in [1.29, 1.82) is 0 Å². The van der Waals surface area contributed by atoms with E-state index in [1.165, 1.54) is 64.2 Å². The lowest BCUT2D eigenvalue weighted by Crippen LogP contribution is -2.40. The Morgan fingerprint density at radius 3 is 2.10 bits per heavy atom. The molecule has 0 amide bonds. The zero-order chi connectivity index (χ0) is 21.6. The Morgan fingerprint density at radius 1 is 0.871 bits per heavy atom. The van der Waals surface area contributed by atoms with Gasteiger partial charge in [-0.1, -0.05) is 46.0 Å². The molecule has 0 unspecified atom stereocenters. The van der Waals surface area contributed by atoms with Crippen molar-refractivity contribution in [2.45, 2.75) is 84.1 Å². The monoisotopic (exact) mass is 444 g/mol. The number of aromatic nitrogens is 2. The molecule has 4 rings (SSSR count). The number of hydrogen-bond acceptors (Lipinski definition) is 5. The minimum Gasteiger partial charge on any atom is -0.360 e. The van der Waals surface area contributed by atoms with Crippen LogP contribution in [0.15, 0.2) is 6.07 Å². The smallest absolute Gasteiger partial charge is 0.232 e. The molecule has 3 fully saturated rings. The summed E-state index contributed by atoms with van der Waals surface area (Å²) < 4.78 is 0. The SMILES string of the molecule is C[C@@H]1C[C@@H](C)CN(c2cc(N3CCCCCC3)nc(NC(=S)NC3CCCCC3)n2)C1. The largest absolute Gasteiger partial charge is 0.360 e. The molecule has 3 heterocycles. The van der Waals surface area contributed by atoms with Gasteiger partial charge in [0.1, 0.15) is 11.6 Å². The molecule has 172 valence electrons. The summed E-state index contributed by atoms with van der Waals surface area (Å²) in [6.07, 6.45) is 12.7. The lowest BCUT2D eigenvalue weighted by molar-refractivity contribution is 0.355. The fraction of sp³-hybridized carbons (Fsp3) is 0.792. The fourth-order valence-electron chi connectivity index (χ4n) is 5.52. The second-order valence-corrected chi connectivity index (χ2v) is 10.5. The fourth-order valence-corrected chi connectivity index (χ4v) is 5.78. The molecule has 2 saturated heterocycles. The highest BCUT2D eigenvalue weighted by Gasteiger charge is 2.25. The zero-order valence-corrected chi connectivity index (χ0v) is 20.2. The molecule has 0 aromatic carbocycles. The molecule has 2 atom stereocenters. The first-order valence-electron chi connectivity index (χ1n) is 12.5. The molecule has 1 aromatic rings. The molecule has 0 radical (unpaired) electrons. The number of rotatable bonds is 4. The predicted molar refractivity (Wildman–Crippen MR) is 134 cm³/mol. The van der Waals surface area contributed by atoms with E-state index in [0.29, 0.717) is 28.9 Å². The Labute approximate surface area is 193 Å². The summed E-state index contributed by atoms with van der Waals surface area (Å²) in [4.78, 5) is 14.7. The number of anilines is 3. The number of thiocarbonyl (C=S) groups is 1. The molecule has 3 aliphatic rings. The molecule has 6 nitrogen and oxygen atoms in total. The molecule has 1 saturated carbocycles. The van der Waals surface area contributed by atoms with Gasteiger partial charge >= 0.3 is 0 Å². The first-order chi connectivity index (χ1) is 15.1. The van der Waals surface area contributed by atoms with Crippen LogP contribution < -0.4 is 20.4 Å². The average molecular weight is 445 g/mol. The highest BCUT2D eigenvalue weighted by Crippen LogP contribution is 2.29. The van der Waals surface area contributed by atoms with Crippen LogP contribution in [-0.2, 0) is 0 Å². The topological polar surface area (TPSA) is 56.3 Å². The summed E-state index contributed by atoms with van der Waals surface area (Å²) in [5.74, 6) is 4.09. The van der Waals surface area contributed by atoms with E-state index < -0.39 is 0 Å². The lowest BCUT2D eigenvalue weighted by atomic mass is 9.92. The summed E-state index contributed by atoms with van der Waals surface area (Å²) in [5.41, 5.74) is 0. The van der Waals surface area contributed by atoms with Gasteiger partial charge in [0.2, 0.25) is 5.95 Å². The van der Waals surface area contributed by atoms with Crippen LogP contribution in [0.4, 0.5) is 17.6 Å². The molecule has 2 aliphatic heterocycles. The van der Waals surface area contributed by atoms with Crippen molar-refractivity contribution in [3.63, 3.8) is 0 Å². The maximum Gasteiger partial charge on any atom is 0.232 e. The zero-order valence-electron chi connectivity index (χ0n) is 19.4. The highest BCUT2D eigenvalue weighted by atomic mass is 32.1. The van der Waals surface area contributed by atoms with Gasteiger partial charge in [-0.25, -0.2) is 0 Å². The van der Waals surface area contributed by atoms with E-state index in [1.807, 2.05) is 0 Å². The van der Waals surface area contributed by atoms with Crippen LogP contribution in [0, 0.1) is 11.8 Å². The highest BCUT2D eigenvalue weighted by molar-refractivity contribution is 7.80. The number of nitrogens with one attached hydrogen (secondary N) is 2. The molecular formula is C24H40N6S. The van der Waals surface area contributed by atoms with Crippen LogP contribution in [-0.4, -0.2) is 47.3 Å². The van der Waals surface area contributed by atoms with Gasteiger partial charge in [-0.2, -0.15) is 9.97 Å². The Kier molecular flexibility index (Phi) is 7.86. The van der Waals surface area contributed by atoms with Gasteiger partial charge in [0, 0.05) is 38.3 Å². The van der Waals surface area contributed by atoms with Gasteiger partial charge in [-0.3, -0.25) is 0 Å². The Bertz CT molecular complexity index is 717. The van der Waals surface area contributed by atoms with E-state index >= 15 is 0 Å². The van der Waals surface area contributed by atoms with E-state index in [1.54, 1.807) is 0 Å². The molecule has 2 N–H and O–H groups in total. The maximum absolute atomic E-state index is 5.65. The Balaban J connectivity index is 1.53. The van der Waals surface area contributed by atoms with Crippen LogP contribution >= 0.6 is 12.2 Å². The number of hydrogen-bond donors (Lipinski definition) is 2. The average Bonchev–Trinajstić information content (AvgIpc) is 3.03. The minimum absolute atomic E-state index is 0.478. The molecule has 0 spiro atoms. The maximum atomic E-state index is 5.65. The minimum atomic E-state index is 0.478. The molecule has 1 aromatic heterocycles. The standard InChI is InChI=1S/C24H40N6S/c1-18-14-19(2)17-30(16-18)22-15-21(29-12-8-3-4-9-13-29)26-23(27-22)28-24(31)25-20-10-6-5-7-11-20/h15,18-20H,3-14,16-17H2,1-2H3,(H2,25,26,27,28,31)/t18-,19-/m1/s1. The van der Waals surface area contributed by atoms with Crippen LogP contribution in [0.25, 0.3) is 0 Å². The summed E-state index contributed by atoms with van der Waals surface area (Å²) in [5, 5.41) is 7.49. The Hall–Kier alpha value is -1.63. The summed E-state index contributed by atoms with van der Waals surface area (Å²) in [6, 6.07) is 2.68.